The fraction of sp³-hybridized carbons (Fsp3) is 0.714. The Morgan fingerprint density at radius 1 is 1.20 bits per heavy atom. The number of allylic oxidation sites excluding steroid dienone is 3. The summed E-state index contributed by atoms with van der Waals surface area (Å²) in [6.45, 7) is 14.7. The number of aliphatic hydroxyl groups excluding tert-OH is 2. The molecule has 0 amide bonds. The Labute approximate surface area is 246 Å². The summed E-state index contributed by atoms with van der Waals surface area (Å²) < 4.78 is 12.0. The first-order chi connectivity index (χ1) is 19.4. The van der Waals surface area contributed by atoms with Gasteiger partial charge in [-0.2, -0.15) is 0 Å². The molecule has 1 aromatic heterocycles. The van der Waals surface area contributed by atoms with E-state index >= 15 is 0 Å². The molecule has 6 nitrogen and oxygen atoms in total. The van der Waals surface area contributed by atoms with Gasteiger partial charge >= 0.3 is 5.97 Å². The van der Waals surface area contributed by atoms with Gasteiger partial charge in [-0.15, -0.1) is 0 Å². The first-order valence-electron chi connectivity index (χ1n) is 16.0. The monoisotopic (exact) mass is 565 g/mol. The second-order valence-corrected chi connectivity index (χ2v) is 14.2. The summed E-state index contributed by atoms with van der Waals surface area (Å²) in [4.78, 5) is 17.4. The second-order valence-electron chi connectivity index (χ2n) is 14.2. The Morgan fingerprint density at radius 2 is 1.95 bits per heavy atom. The number of aliphatic hydroxyl groups is 2. The molecule has 1 aromatic rings. The Balaban J connectivity index is 1.29. The smallest absolute Gasteiger partial charge is 0.308 e. The van der Waals surface area contributed by atoms with Gasteiger partial charge < -0.3 is 19.4 Å². The van der Waals surface area contributed by atoms with Crippen LogP contribution in [-0.4, -0.2) is 39.5 Å². The van der Waals surface area contributed by atoms with Crippen LogP contribution in [0.15, 0.2) is 46.1 Å². The van der Waals surface area contributed by atoms with E-state index in [4.69, 9.17) is 9.15 Å². The van der Waals surface area contributed by atoms with Crippen molar-refractivity contribution < 1.29 is 24.2 Å². The van der Waals surface area contributed by atoms with Crippen molar-refractivity contribution in [3.05, 3.63) is 53.3 Å². The minimum Gasteiger partial charge on any atom is -0.461 e. The summed E-state index contributed by atoms with van der Waals surface area (Å²) in [5, 5.41) is 20.4. The molecule has 0 unspecified atom stereocenters. The SMILES string of the molecule is C=C1/C(=C\C=C2/CCC[C@]3(C)[C@@H]([C@H](C)CC[C@@H](OC(=O)C(C)C)C4(c5nc(C)co5)CC4)CC[C@@H]23)C[C@@H](O)C[C@@H]1O. The van der Waals surface area contributed by atoms with Crippen molar-refractivity contribution in [1.29, 1.82) is 0 Å². The number of carbonyl (C=O) groups is 1. The maximum atomic E-state index is 12.8. The number of aryl methyl sites for hydroxylation is 1. The average Bonchev–Trinajstić information content (AvgIpc) is 3.47. The summed E-state index contributed by atoms with van der Waals surface area (Å²) >= 11 is 0. The summed E-state index contributed by atoms with van der Waals surface area (Å²) in [6.07, 6.45) is 15.4. The number of nitrogens with zero attached hydrogens (tertiary/aromatic N) is 1. The zero-order valence-corrected chi connectivity index (χ0v) is 25.8. The number of esters is 1. The Morgan fingerprint density at radius 3 is 2.61 bits per heavy atom. The molecular weight excluding hydrogens is 514 g/mol. The molecule has 2 N–H and O–H groups in total. The normalized spacial score (nSPS) is 34.6. The molecular formula is C35H51NO5. The van der Waals surface area contributed by atoms with E-state index in [9.17, 15) is 15.0 Å². The van der Waals surface area contributed by atoms with Gasteiger partial charge in [0.2, 0.25) is 5.89 Å². The van der Waals surface area contributed by atoms with Gasteiger partial charge in [0, 0.05) is 6.42 Å². The van der Waals surface area contributed by atoms with Gasteiger partial charge in [0.1, 0.15) is 12.4 Å². The Kier molecular flexibility index (Phi) is 8.74. The van der Waals surface area contributed by atoms with Crippen LogP contribution in [-0.2, 0) is 14.9 Å². The van der Waals surface area contributed by atoms with Crippen LogP contribution in [0.4, 0.5) is 0 Å². The Hall–Kier alpha value is -2.18. The lowest BCUT2D eigenvalue weighted by Crippen LogP contribution is -2.37. The number of oxazole rings is 1. The molecule has 226 valence electrons. The van der Waals surface area contributed by atoms with Crippen molar-refractivity contribution in [2.75, 3.05) is 0 Å². The summed E-state index contributed by atoms with van der Waals surface area (Å²) in [7, 11) is 0. The molecule has 0 radical (unpaired) electrons. The first kappa shape index (κ1) is 30.3. The molecule has 0 spiro atoms. The predicted molar refractivity (Wildman–Crippen MR) is 160 cm³/mol. The van der Waals surface area contributed by atoms with Crippen LogP contribution < -0.4 is 0 Å². The number of hydrogen-bond donors (Lipinski definition) is 2. The molecule has 4 saturated carbocycles. The van der Waals surface area contributed by atoms with E-state index in [2.05, 4.69) is 37.6 Å². The zero-order valence-electron chi connectivity index (χ0n) is 25.8. The number of ether oxygens (including phenoxy) is 1. The standard InChI is InChI=1S/C35H51NO5/c1-21(2)32(39)41-31(35(16-17-35)33-36-23(4)20-40-33)14-9-22(3)28-12-13-29-25(8-7-15-34(28,29)6)10-11-26-18-27(37)19-30(38)24(26)5/h10-11,20-22,27-31,37-38H,5,7-9,12-19H2,1-4,6H3/b25-10+,26-11-/t22-,27-,28-,29+,30+,31-,34-/m1/s1. The van der Waals surface area contributed by atoms with Gasteiger partial charge in [-0.05, 0) is 105 Å². The van der Waals surface area contributed by atoms with Crippen LogP contribution in [0.3, 0.4) is 0 Å². The quantitative estimate of drug-likeness (QED) is 0.309. The molecule has 4 aliphatic carbocycles. The molecule has 0 saturated heterocycles. The molecule has 6 heteroatoms. The van der Waals surface area contributed by atoms with E-state index in [-0.39, 0.29) is 28.8 Å². The fourth-order valence-corrected chi connectivity index (χ4v) is 8.41. The van der Waals surface area contributed by atoms with E-state index in [1.807, 2.05) is 20.8 Å². The molecule has 5 rings (SSSR count). The number of aromatic nitrogens is 1. The molecule has 7 atom stereocenters. The molecule has 4 aliphatic rings. The van der Waals surface area contributed by atoms with E-state index in [1.165, 1.54) is 31.3 Å². The molecule has 4 fully saturated rings. The molecule has 0 aromatic carbocycles. The van der Waals surface area contributed by atoms with Gasteiger partial charge in [-0.1, -0.05) is 52.0 Å². The van der Waals surface area contributed by atoms with Crippen LogP contribution in [0.5, 0.6) is 0 Å². The minimum absolute atomic E-state index is 0.137. The lowest BCUT2D eigenvalue weighted by Gasteiger charge is -2.44. The third kappa shape index (κ3) is 6.01. The third-order valence-corrected chi connectivity index (χ3v) is 11.1. The third-order valence-electron chi connectivity index (χ3n) is 11.1. The van der Waals surface area contributed by atoms with E-state index in [1.54, 1.807) is 6.26 Å². The topological polar surface area (TPSA) is 92.8 Å². The number of carbonyl (C=O) groups excluding carboxylic acids is 1. The fourth-order valence-electron chi connectivity index (χ4n) is 8.41. The number of fused-ring (bicyclic) bond motifs is 1. The molecule has 41 heavy (non-hydrogen) atoms. The van der Waals surface area contributed by atoms with E-state index < -0.39 is 12.2 Å². The van der Waals surface area contributed by atoms with Gasteiger partial charge in [-0.3, -0.25) is 4.79 Å². The van der Waals surface area contributed by atoms with E-state index in [0.717, 1.165) is 54.8 Å². The van der Waals surface area contributed by atoms with Crippen molar-refractivity contribution >= 4 is 5.97 Å². The Bertz CT molecular complexity index is 1190. The molecule has 0 aliphatic heterocycles. The maximum Gasteiger partial charge on any atom is 0.308 e. The van der Waals surface area contributed by atoms with Crippen molar-refractivity contribution in [2.45, 2.75) is 129 Å². The first-order valence-corrected chi connectivity index (χ1v) is 16.0. The predicted octanol–water partition coefficient (Wildman–Crippen LogP) is 7.14. The van der Waals surface area contributed by atoms with Crippen LogP contribution in [0, 0.1) is 36.0 Å². The highest BCUT2D eigenvalue weighted by Crippen LogP contribution is 2.60. The van der Waals surface area contributed by atoms with Crippen LogP contribution in [0.2, 0.25) is 0 Å². The zero-order chi connectivity index (χ0) is 29.5. The summed E-state index contributed by atoms with van der Waals surface area (Å²) in [5.74, 6) is 2.14. The van der Waals surface area contributed by atoms with Gasteiger partial charge in [0.15, 0.2) is 0 Å². The van der Waals surface area contributed by atoms with Gasteiger partial charge in [0.25, 0.3) is 0 Å². The van der Waals surface area contributed by atoms with Crippen LogP contribution >= 0.6 is 0 Å². The lowest BCUT2D eigenvalue weighted by atomic mass is 9.60. The highest BCUT2D eigenvalue weighted by Gasteiger charge is 2.57. The van der Waals surface area contributed by atoms with Crippen molar-refractivity contribution in [3.63, 3.8) is 0 Å². The number of rotatable bonds is 9. The van der Waals surface area contributed by atoms with Crippen molar-refractivity contribution in [2.24, 2.45) is 29.1 Å². The minimum atomic E-state index is -0.650. The van der Waals surface area contributed by atoms with Crippen LogP contribution in [0.25, 0.3) is 0 Å². The highest BCUT2D eigenvalue weighted by atomic mass is 16.5. The van der Waals surface area contributed by atoms with E-state index in [0.29, 0.717) is 30.6 Å². The summed E-state index contributed by atoms with van der Waals surface area (Å²) in [6, 6.07) is 0. The second kappa shape index (κ2) is 11.8. The summed E-state index contributed by atoms with van der Waals surface area (Å²) in [5.41, 5.74) is 4.10. The largest absolute Gasteiger partial charge is 0.461 e. The van der Waals surface area contributed by atoms with Crippen molar-refractivity contribution in [1.82, 2.24) is 4.98 Å². The van der Waals surface area contributed by atoms with Gasteiger partial charge in [0.05, 0.1) is 29.2 Å². The highest BCUT2D eigenvalue weighted by molar-refractivity contribution is 5.72. The van der Waals surface area contributed by atoms with Crippen molar-refractivity contribution in [3.8, 4) is 0 Å². The molecule has 1 heterocycles. The lowest BCUT2D eigenvalue weighted by molar-refractivity contribution is -0.155. The average molecular weight is 566 g/mol. The maximum absolute atomic E-state index is 12.8. The molecule has 0 bridgehead atoms. The van der Waals surface area contributed by atoms with Crippen LogP contribution in [0.1, 0.15) is 110 Å². The van der Waals surface area contributed by atoms with Gasteiger partial charge in [-0.25, -0.2) is 4.98 Å². The number of hydrogen-bond acceptors (Lipinski definition) is 6.